The second-order valence-corrected chi connectivity index (χ2v) is 5.88. The van der Waals surface area contributed by atoms with E-state index in [9.17, 15) is 18.4 Å². The van der Waals surface area contributed by atoms with Gasteiger partial charge in [-0.1, -0.05) is 29.8 Å². The third-order valence-corrected chi connectivity index (χ3v) is 3.70. The van der Waals surface area contributed by atoms with Gasteiger partial charge in [-0.3, -0.25) is 9.59 Å². The number of aryl methyl sites for hydroxylation is 3. The molecule has 0 aliphatic heterocycles. The Balaban J connectivity index is 2.01. The largest absolute Gasteiger partial charge is 0.434 e. The van der Waals surface area contributed by atoms with Crippen molar-refractivity contribution in [3.63, 3.8) is 0 Å². The number of hydrogen-bond donors (Lipinski definition) is 2. The van der Waals surface area contributed by atoms with Gasteiger partial charge in [0.2, 0.25) is 5.91 Å². The Bertz CT molecular complexity index is 799. The van der Waals surface area contributed by atoms with Crippen molar-refractivity contribution in [1.29, 1.82) is 0 Å². The Labute approximate surface area is 150 Å². The van der Waals surface area contributed by atoms with Gasteiger partial charge < -0.3 is 15.4 Å². The van der Waals surface area contributed by atoms with Crippen LogP contribution in [0.25, 0.3) is 0 Å². The van der Waals surface area contributed by atoms with E-state index in [0.29, 0.717) is 5.69 Å². The number of carbonyl (C=O) groups excluding carboxylic acids is 2. The molecule has 0 aliphatic carbocycles. The van der Waals surface area contributed by atoms with E-state index in [2.05, 4.69) is 15.4 Å². The summed E-state index contributed by atoms with van der Waals surface area (Å²) in [7, 11) is 0. The van der Waals surface area contributed by atoms with Crippen molar-refractivity contribution < 1.29 is 23.1 Å². The summed E-state index contributed by atoms with van der Waals surface area (Å²) in [6.45, 7) is 2.39. The number of hydrogen-bond acceptors (Lipinski definition) is 3. The minimum absolute atomic E-state index is 0.0664. The molecule has 2 rings (SSSR count). The van der Waals surface area contributed by atoms with E-state index in [1.165, 1.54) is 24.3 Å². The van der Waals surface area contributed by atoms with Crippen LogP contribution in [-0.2, 0) is 4.79 Å². The summed E-state index contributed by atoms with van der Waals surface area (Å²) in [6.07, 6.45) is 0. The van der Waals surface area contributed by atoms with E-state index in [-0.39, 0.29) is 17.9 Å². The Morgan fingerprint density at radius 2 is 1.69 bits per heavy atom. The van der Waals surface area contributed by atoms with Crippen LogP contribution in [0.15, 0.2) is 36.4 Å². The van der Waals surface area contributed by atoms with Crippen LogP contribution in [0.2, 0.25) is 0 Å². The molecule has 0 bridgehead atoms. The molecule has 0 saturated heterocycles. The first-order chi connectivity index (χ1) is 12.3. The number of alkyl halides is 2. The van der Waals surface area contributed by atoms with Crippen LogP contribution in [0.1, 0.15) is 27.0 Å². The van der Waals surface area contributed by atoms with E-state index >= 15 is 0 Å². The second-order valence-electron chi connectivity index (χ2n) is 5.88. The lowest BCUT2D eigenvalue weighted by atomic mass is 10.1. The zero-order chi connectivity index (χ0) is 19.3. The molecule has 0 spiro atoms. The van der Waals surface area contributed by atoms with Gasteiger partial charge in [-0.15, -0.1) is 0 Å². The van der Waals surface area contributed by atoms with Crippen molar-refractivity contribution in [1.82, 2.24) is 5.32 Å². The van der Waals surface area contributed by atoms with Gasteiger partial charge in [0, 0.05) is 5.69 Å². The molecule has 0 aliphatic rings. The lowest BCUT2D eigenvalue weighted by molar-refractivity contribution is -0.115. The van der Waals surface area contributed by atoms with E-state index < -0.39 is 18.4 Å². The Morgan fingerprint density at radius 3 is 2.31 bits per heavy atom. The topological polar surface area (TPSA) is 67.4 Å². The average molecular weight is 362 g/mol. The summed E-state index contributed by atoms with van der Waals surface area (Å²) in [5.41, 5.74) is 3.54. The van der Waals surface area contributed by atoms with Crippen LogP contribution in [0.3, 0.4) is 0 Å². The smallest absolute Gasteiger partial charge is 0.387 e. The molecule has 0 heterocycles. The highest BCUT2D eigenvalue weighted by molar-refractivity contribution is 6.01. The summed E-state index contributed by atoms with van der Waals surface area (Å²) in [4.78, 5) is 24.3. The number of carbonyl (C=O) groups is 2. The number of rotatable bonds is 6. The molecule has 0 aromatic heterocycles. The third kappa shape index (κ3) is 5.02. The Kier molecular flexibility index (Phi) is 6.27. The minimum atomic E-state index is -3.04. The normalized spacial score (nSPS) is 10.5. The van der Waals surface area contributed by atoms with Crippen molar-refractivity contribution in [2.24, 2.45) is 0 Å². The minimum Gasteiger partial charge on any atom is -0.434 e. The molecule has 0 unspecified atom stereocenters. The number of benzene rings is 2. The van der Waals surface area contributed by atoms with Gasteiger partial charge in [-0.25, -0.2) is 0 Å². The summed E-state index contributed by atoms with van der Waals surface area (Å²) < 4.78 is 29.1. The van der Waals surface area contributed by atoms with Crippen LogP contribution >= 0.6 is 0 Å². The molecule has 0 fully saturated rings. The Morgan fingerprint density at radius 1 is 1.08 bits per heavy atom. The van der Waals surface area contributed by atoms with Crippen molar-refractivity contribution in [2.75, 3.05) is 11.9 Å². The monoisotopic (exact) mass is 362 g/mol. The lowest BCUT2D eigenvalue weighted by Gasteiger charge is -2.14. The fourth-order valence-corrected chi connectivity index (χ4v) is 2.67. The van der Waals surface area contributed by atoms with Gasteiger partial charge in [0.25, 0.3) is 5.91 Å². The molecule has 26 heavy (non-hydrogen) atoms. The molecule has 0 atom stereocenters. The number of para-hydroxylation sites is 1. The molecule has 0 saturated carbocycles. The van der Waals surface area contributed by atoms with E-state index in [1.54, 1.807) is 0 Å². The maximum Gasteiger partial charge on any atom is 0.387 e. The van der Waals surface area contributed by atoms with Crippen LogP contribution in [0, 0.1) is 20.8 Å². The predicted octanol–water partition coefficient (Wildman–Crippen LogP) is 3.58. The second kappa shape index (κ2) is 8.42. The van der Waals surface area contributed by atoms with Gasteiger partial charge in [-0.2, -0.15) is 8.78 Å². The predicted molar refractivity (Wildman–Crippen MR) is 94.7 cm³/mol. The standard InChI is InChI=1S/C19H20F2N2O3/c1-11-8-12(2)17(13(3)9-11)23-16(24)10-22-18(25)14-6-4-5-7-15(14)26-19(20)21/h4-9,19H,10H2,1-3H3,(H,22,25)(H,23,24). The summed E-state index contributed by atoms with van der Waals surface area (Å²) in [5, 5.41) is 5.16. The maximum atomic E-state index is 12.4. The van der Waals surface area contributed by atoms with E-state index in [1.807, 2.05) is 32.9 Å². The first kappa shape index (κ1) is 19.4. The molecule has 2 amide bonds. The number of anilines is 1. The van der Waals surface area contributed by atoms with E-state index in [0.717, 1.165) is 16.7 Å². The van der Waals surface area contributed by atoms with Crippen LogP contribution < -0.4 is 15.4 Å². The number of nitrogens with one attached hydrogen (secondary N) is 2. The van der Waals surface area contributed by atoms with Crippen molar-refractivity contribution >= 4 is 17.5 Å². The number of ether oxygens (including phenoxy) is 1. The highest BCUT2D eigenvalue weighted by Gasteiger charge is 2.16. The lowest BCUT2D eigenvalue weighted by Crippen LogP contribution is -2.33. The highest BCUT2D eigenvalue weighted by atomic mass is 19.3. The summed E-state index contributed by atoms with van der Waals surface area (Å²) in [6, 6.07) is 9.49. The first-order valence-electron chi connectivity index (χ1n) is 7.97. The van der Waals surface area contributed by atoms with Gasteiger partial charge in [0.05, 0.1) is 12.1 Å². The van der Waals surface area contributed by atoms with Crippen molar-refractivity contribution in [2.45, 2.75) is 27.4 Å². The van der Waals surface area contributed by atoms with Crippen LogP contribution in [-0.4, -0.2) is 25.0 Å². The molecule has 2 N–H and O–H groups in total. The third-order valence-electron chi connectivity index (χ3n) is 3.70. The Hall–Kier alpha value is -2.96. The first-order valence-corrected chi connectivity index (χ1v) is 7.97. The summed E-state index contributed by atoms with van der Waals surface area (Å²) in [5.74, 6) is -1.33. The fourth-order valence-electron chi connectivity index (χ4n) is 2.67. The SMILES string of the molecule is Cc1cc(C)c(NC(=O)CNC(=O)c2ccccc2OC(F)F)c(C)c1. The fraction of sp³-hybridized carbons (Fsp3) is 0.263. The van der Waals surface area contributed by atoms with Gasteiger partial charge in [-0.05, 0) is 44.0 Å². The van der Waals surface area contributed by atoms with Crippen molar-refractivity contribution in [3.8, 4) is 5.75 Å². The average Bonchev–Trinajstić information content (AvgIpc) is 2.56. The maximum absolute atomic E-state index is 12.4. The summed E-state index contributed by atoms with van der Waals surface area (Å²) >= 11 is 0. The molecule has 2 aromatic rings. The van der Waals surface area contributed by atoms with Crippen LogP contribution in [0.4, 0.5) is 14.5 Å². The molecule has 2 aromatic carbocycles. The van der Waals surface area contributed by atoms with Gasteiger partial charge in [0.15, 0.2) is 0 Å². The van der Waals surface area contributed by atoms with E-state index in [4.69, 9.17) is 0 Å². The van der Waals surface area contributed by atoms with Gasteiger partial charge in [0.1, 0.15) is 5.75 Å². The molecule has 138 valence electrons. The zero-order valence-electron chi connectivity index (χ0n) is 14.7. The molecular formula is C19H20F2N2O3. The molecular weight excluding hydrogens is 342 g/mol. The van der Waals surface area contributed by atoms with Crippen LogP contribution in [0.5, 0.6) is 5.75 Å². The quantitative estimate of drug-likeness (QED) is 0.825. The van der Waals surface area contributed by atoms with Crippen molar-refractivity contribution in [3.05, 3.63) is 58.7 Å². The van der Waals surface area contributed by atoms with Gasteiger partial charge >= 0.3 is 6.61 Å². The number of amides is 2. The molecule has 7 heteroatoms. The highest BCUT2D eigenvalue weighted by Crippen LogP contribution is 2.22. The number of halogens is 2. The zero-order valence-corrected chi connectivity index (χ0v) is 14.7. The molecule has 0 radical (unpaired) electrons. The molecule has 5 nitrogen and oxygen atoms in total.